The molecule has 3 N–H and O–H groups in total. The second-order valence-electron chi connectivity index (χ2n) is 5.66. The SMILES string of the molecule is Cc1cccc(CNC(=O)N2CCCC[C@H]2CC(N)=O)c1. The number of carbonyl (C=O) groups excluding carboxylic acids is 2. The first-order chi connectivity index (χ1) is 10.1. The first-order valence-electron chi connectivity index (χ1n) is 7.44. The highest BCUT2D eigenvalue weighted by Crippen LogP contribution is 2.19. The van der Waals surface area contributed by atoms with Crippen molar-refractivity contribution >= 4 is 11.9 Å². The molecule has 5 heteroatoms. The standard InChI is InChI=1S/C16H23N3O2/c1-12-5-4-6-13(9-12)11-18-16(21)19-8-3-2-7-14(19)10-15(17)20/h4-6,9,14H,2-3,7-8,10-11H2,1H3,(H2,17,20)(H,18,21)/t14-/m0/s1. The molecule has 0 aliphatic carbocycles. The smallest absolute Gasteiger partial charge is 0.317 e. The van der Waals surface area contributed by atoms with E-state index >= 15 is 0 Å². The minimum absolute atomic E-state index is 0.0613. The molecule has 114 valence electrons. The van der Waals surface area contributed by atoms with E-state index in [1.165, 1.54) is 5.56 Å². The lowest BCUT2D eigenvalue weighted by atomic mass is 9.99. The maximum Gasteiger partial charge on any atom is 0.317 e. The molecule has 0 saturated carbocycles. The van der Waals surface area contributed by atoms with Crippen LogP contribution in [0.4, 0.5) is 4.79 Å². The molecule has 1 fully saturated rings. The molecule has 0 spiro atoms. The van der Waals surface area contributed by atoms with E-state index in [1.54, 1.807) is 4.90 Å². The summed E-state index contributed by atoms with van der Waals surface area (Å²) < 4.78 is 0. The van der Waals surface area contributed by atoms with E-state index in [-0.39, 0.29) is 24.4 Å². The van der Waals surface area contributed by atoms with Gasteiger partial charge in [0.2, 0.25) is 5.91 Å². The number of hydrogen-bond acceptors (Lipinski definition) is 2. The van der Waals surface area contributed by atoms with Gasteiger partial charge in [0, 0.05) is 25.6 Å². The number of likely N-dealkylation sites (tertiary alicyclic amines) is 1. The summed E-state index contributed by atoms with van der Waals surface area (Å²) >= 11 is 0. The quantitative estimate of drug-likeness (QED) is 0.888. The lowest BCUT2D eigenvalue weighted by Crippen LogP contribution is -2.49. The molecule has 0 unspecified atom stereocenters. The van der Waals surface area contributed by atoms with Crippen molar-refractivity contribution in [2.45, 2.75) is 45.2 Å². The Balaban J connectivity index is 1.92. The average Bonchev–Trinajstić information content (AvgIpc) is 2.45. The third-order valence-corrected chi connectivity index (χ3v) is 3.85. The third kappa shape index (κ3) is 4.48. The van der Waals surface area contributed by atoms with Crippen LogP contribution >= 0.6 is 0 Å². The number of nitrogens with zero attached hydrogens (tertiary/aromatic N) is 1. The van der Waals surface area contributed by atoms with Gasteiger partial charge in [-0.3, -0.25) is 4.79 Å². The molecule has 1 atom stereocenters. The molecule has 1 aliphatic rings. The van der Waals surface area contributed by atoms with Crippen LogP contribution < -0.4 is 11.1 Å². The highest BCUT2D eigenvalue weighted by Gasteiger charge is 2.27. The van der Waals surface area contributed by atoms with Crippen LogP contribution in [0.2, 0.25) is 0 Å². The van der Waals surface area contributed by atoms with Gasteiger partial charge in [-0.1, -0.05) is 29.8 Å². The summed E-state index contributed by atoms with van der Waals surface area (Å²) in [6.07, 6.45) is 3.12. The Morgan fingerprint density at radius 3 is 2.90 bits per heavy atom. The zero-order valence-corrected chi connectivity index (χ0v) is 12.5. The van der Waals surface area contributed by atoms with Crippen LogP contribution in [0.1, 0.15) is 36.8 Å². The number of rotatable bonds is 4. The summed E-state index contributed by atoms with van der Waals surface area (Å²) in [6.45, 7) is 3.22. The summed E-state index contributed by atoms with van der Waals surface area (Å²) in [4.78, 5) is 25.2. The molecule has 0 radical (unpaired) electrons. The average molecular weight is 289 g/mol. The number of nitrogens with one attached hydrogen (secondary N) is 1. The van der Waals surface area contributed by atoms with Crippen LogP contribution in [0.3, 0.4) is 0 Å². The van der Waals surface area contributed by atoms with Gasteiger partial charge < -0.3 is 16.0 Å². The van der Waals surface area contributed by atoms with E-state index in [9.17, 15) is 9.59 Å². The van der Waals surface area contributed by atoms with Crippen molar-refractivity contribution in [3.63, 3.8) is 0 Å². The molecule has 2 rings (SSSR count). The molecule has 5 nitrogen and oxygen atoms in total. The number of primary amides is 1. The molecule has 1 aromatic carbocycles. The molecule has 1 saturated heterocycles. The summed E-state index contributed by atoms with van der Waals surface area (Å²) in [6, 6.07) is 7.88. The Labute approximate surface area is 125 Å². The van der Waals surface area contributed by atoms with Gasteiger partial charge in [-0.15, -0.1) is 0 Å². The van der Waals surface area contributed by atoms with Crippen LogP contribution in [0.15, 0.2) is 24.3 Å². The summed E-state index contributed by atoms with van der Waals surface area (Å²) in [5.41, 5.74) is 7.52. The molecular formula is C16H23N3O2. The van der Waals surface area contributed by atoms with Gasteiger partial charge in [-0.05, 0) is 31.7 Å². The Bertz CT molecular complexity index is 516. The minimum atomic E-state index is -0.349. The van der Waals surface area contributed by atoms with Crippen LogP contribution in [0.5, 0.6) is 0 Å². The van der Waals surface area contributed by atoms with Gasteiger partial charge in [0.05, 0.1) is 0 Å². The van der Waals surface area contributed by atoms with Gasteiger partial charge in [-0.25, -0.2) is 4.79 Å². The van der Waals surface area contributed by atoms with Crippen molar-refractivity contribution in [3.05, 3.63) is 35.4 Å². The fourth-order valence-corrected chi connectivity index (χ4v) is 2.81. The van der Waals surface area contributed by atoms with E-state index in [0.717, 1.165) is 24.8 Å². The van der Waals surface area contributed by atoms with E-state index in [0.29, 0.717) is 13.1 Å². The number of benzene rings is 1. The maximum atomic E-state index is 12.3. The molecule has 3 amide bonds. The summed E-state index contributed by atoms with van der Waals surface area (Å²) in [5.74, 6) is -0.349. The van der Waals surface area contributed by atoms with Crippen molar-refractivity contribution in [1.29, 1.82) is 0 Å². The van der Waals surface area contributed by atoms with Crippen molar-refractivity contribution < 1.29 is 9.59 Å². The monoisotopic (exact) mass is 289 g/mol. The third-order valence-electron chi connectivity index (χ3n) is 3.85. The number of urea groups is 1. The Morgan fingerprint density at radius 2 is 2.19 bits per heavy atom. The highest BCUT2D eigenvalue weighted by atomic mass is 16.2. The molecule has 0 aromatic heterocycles. The number of carbonyl (C=O) groups is 2. The summed E-state index contributed by atoms with van der Waals surface area (Å²) in [5, 5.41) is 2.93. The van der Waals surface area contributed by atoms with E-state index in [2.05, 4.69) is 11.4 Å². The molecule has 0 bridgehead atoms. The Morgan fingerprint density at radius 1 is 1.38 bits per heavy atom. The molecule has 1 aromatic rings. The minimum Gasteiger partial charge on any atom is -0.370 e. The second-order valence-corrected chi connectivity index (χ2v) is 5.66. The fraction of sp³-hybridized carbons (Fsp3) is 0.500. The topological polar surface area (TPSA) is 75.4 Å². The lowest BCUT2D eigenvalue weighted by Gasteiger charge is -2.35. The normalized spacial score (nSPS) is 18.3. The van der Waals surface area contributed by atoms with Gasteiger partial charge in [0.1, 0.15) is 0 Å². The first kappa shape index (κ1) is 15.4. The first-order valence-corrected chi connectivity index (χ1v) is 7.44. The number of piperidine rings is 1. The highest BCUT2D eigenvalue weighted by molar-refractivity contribution is 5.78. The predicted octanol–water partition coefficient (Wildman–Crippen LogP) is 1.93. The maximum absolute atomic E-state index is 12.3. The van der Waals surface area contributed by atoms with E-state index in [4.69, 9.17) is 5.73 Å². The van der Waals surface area contributed by atoms with Crippen LogP contribution in [0.25, 0.3) is 0 Å². The van der Waals surface area contributed by atoms with Crippen molar-refractivity contribution in [2.24, 2.45) is 5.73 Å². The number of aryl methyl sites for hydroxylation is 1. The zero-order valence-electron chi connectivity index (χ0n) is 12.5. The zero-order chi connectivity index (χ0) is 15.2. The van der Waals surface area contributed by atoms with Crippen molar-refractivity contribution in [3.8, 4) is 0 Å². The van der Waals surface area contributed by atoms with Gasteiger partial charge in [0.15, 0.2) is 0 Å². The summed E-state index contributed by atoms with van der Waals surface area (Å²) in [7, 11) is 0. The van der Waals surface area contributed by atoms with Gasteiger partial charge in [-0.2, -0.15) is 0 Å². The predicted molar refractivity (Wildman–Crippen MR) is 81.6 cm³/mol. The van der Waals surface area contributed by atoms with Crippen molar-refractivity contribution in [1.82, 2.24) is 10.2 Å². The number of hydrogen-bond donors (Lipinski definition) is 2. The number of amides is 3. The largest absolute Gasteiger partial charge is 0.370 e. The van der Waals surface area contributed by atoms with Gasteiger partial charge in [0.25, 0.3) is 0 Å². The second kappa shape index (κ2) is 7.11. The Kier molecular flexibility index (Phi) is 5.20. The van der Waals surface area contributed by atoms with Crippen molar-refractivity contribution in [2.75, 3.05) is 6.54 Å². The molecule has 1 heterocycles. The van der Waals surface area contributed by atoms with Gasteiger partial charge >= 0.3 is 6.03 Å². The van der Waals surface area contributed by atoms with Crippen LogP contribution in [-0.2, 0) is 11.3 Å². The van der Waals surface area contributed by atoms with E-state index in [1.807, 2.05) is 25.1 Å². The number of nitrogens with two attached hydrogens (primary N) is 1. The Hall–Kier alpha value is -2.04. The molecule has 1 aliphatic heterocycles. The fourth-order valence-electron chi connectivity index (χ4n) is 2.81. The molecule has 21 heavy (non-hydrogen) atoms. The van der Waals surface area contributed by atoms with Crippen LogP contribution in [0, 0.1) is 6.92 Å². The van der Waals surface area contributed by atoms with Crippen LogP contribution in [-0.4, -0.2) is 29.4 Å². The molecular weight excluding hydrogens is 266 g/mol. The lowest BCUT2D eigenvalue weighted by molar-refractivity contribution is -0.119. The van der Waals surface area contributed by atoms with E-state index < -0.39 is 0 Å².